The van der Waals surface area contributed by atoms with Crippen LogP contribution in [0.4, 0.5) is 0 Å². The molecule has 0 bridgehead atoms. The highest BCUT2D eigenvalue weighted by atomic mass is 35.5. The minimum Gasteiger partial charge on any atom is -1.00 e. The van der Waals surface area contributed by atoms with Gasteiger partial charge in [0.05, 0.1) is 0 Å². The quantitative estimate of drug-likeness (QED) is 0.354. The molecule has 7 heteroatoms. The largest absolute Gasteiger partial charge is 1.00 e. The van der Waals surface area contributed by atoms with E-state index in [-0.39, 0.29) is 12.4 Å². The van der Waals surface area contributed by atoms with Crippen molar-refractivity contribution in [3.63, 3.8) is 0 Å². The zero-order chi connectivity index (χ0) is 8.67. The van der Waals surface area contributed by atoms with Gasteiger partial charge in [0.1, 0.15) is 40.0 Å². The molecule has 6 nitrogen and oxygen atoms in total. The molecule has 0 spiro atoms. The summed E-state index contributed by atoms with van der Waals surface area (Å²) in [7, 11) is 0. The molecule has 1 fully saturated rings. The normalized spacial score (nSPS) is 25.7. The zero-order valence-corrected chi connectivity index (χ0v) is 8.72. The monoisotopic (exact) mass is 218 g/mol. The summed E-state index contributed by atoms with van der Waals surface area (Å²) in [5, 5.41) is 10.1. The molecular weight excluding hydrogens is 204 g/mol. The molecule has 0 radical (unpaired) electrons. The van der Waals surface area contributed by atoms with Crippen molar-refractivity contribution < 1.29 is 17.0 Å². The molecule has 0 amide bonds. The molecule has 1 saturated heterocycles. The van der Waals surface area contributed by atoms with Crippen molar-refractivity contribution in [1.82, 2.24) is 25.8 Å². The van der Waals surface area contributed by atoms with Crippen molar-refractivity contribution >= 4 is 5.96 Å². The van der Waals surface area contributed by atoms with Gasteiger partial charge in [-0.05, 0) is 0 Å². The highest BCUT2D eigenvalue weighted by Crippen LogP contribution is 2.06. The van der Waals surface area contributed by atoms with E-state index < -0.39 is 0 Å². The summed E-state index contributed by atoms with van der Waals surface area (Å²) in [4.78, 5) is 4.65. The predicted molar refractivity (Wildman–Crippen MR) is 47.6 cm³/mol. The van der Waals surface area contributed by atoms with Gasteiger partial charge in [-0.3, -0.25) is 16.0 Å². The second-order valence-electron chi connectivity index (χ2n) is 3.62. The average molecular weight is 219 g/mol. The van der Waals surface area contributed by atoms with Crippen LogP contribution in [-0.4, -0.2) is 60.3 Å². The molecular formula is C7H15ClN6. The molecule has 0 aromatic carbocycles. The predicted octanol–water partition coefficient (Wildman–Crippen LogP) is -5.48. The molecule has 80 valence electrons. The number of hydrogen-bond donors (Lipinski definition) is 3. The molecule has 0 atom stereocenters. The Morgan fingerprint density at radius 3 is 1.93 bits per heavy atom. The molecule has 0 aromatic rings. The second-order valence-corrected chi connectivity index (χ2v) is 3.62. The summed E-state index contributed by atoms with van der Waals surface area (Å²) in [6, 6.07) is 0. The number of halogens is 1. The van der Waals surface area contributed by atoms with Crippen LogP contribution >= 0.6 is 0 Å². The first-order valence-electron chi connectivity index (χ1n) is 4.69. The smallest absolute Gasteiger partial charge is 0.356 e. The first-order chi connectivity index (χ1) is 6.45. The van der Waals surface area contributed by atoms with Gasteiger partial charge in [-0.2, -0.15) is 0 Å². The van der Waals surface area contributed by atoms with Gasteiger partial charge < -0.3 is 12.4 Å². The van der Waals surface area contributed by atoms with Crippen LogP contribution in [0.2, 0.25) is 0 Å². The number of nitrogens with one attached hydrogen (secondary N) is 3. The zero-order valence-electron chi connectivity index (χ0n) is 7.96. The van der Waals surface area contributed by atoms with Crippen molar-refractivity contribution in [2.45, 2.75) is 0 Å². The van der Waals surface area contributed by atoms with E-state index in [0.717, 1.165) is 40.0 Å². The van der Waals surface area contributed by atoms with E-state index in [1.165, 1.54) is 5.96 Å². The summed E-state index contributed by atoms with van der Waals surface area (Å²) in [6.45, 7) is 5.72. The van der Waals surface area contributed by atoms with Crippen LogP contribution < -0.4 is 28.4 Å². The molecule has 0 aliphatic carbocycles. The van der Waals surface area contributed by atoms with E-state index in [2.05, 4.69) is 30.3 Å². The highest BCUT2D eigenvalue weighted by molar-refractivity contribution is 5.76. The lowest BCUT2D eigenvalue weighted by Crippen LogP contribution is -3.00. The Labute approximate surface area is 89.3 Å². The third-order valence-electron chi connectivity index (χ3n) is 2.66. The SMILES string of the molecule is C1NCN2CNC[N+]3=C2N1CNC3.[Cl-]. The Bertz CT molecular complexity index is 233. The number of rotatable bonds is 0. The summed E-state index contributed by atoms with van der Waals surface area (Å²) >= 11 is 0. The summed E-state index contributed by atoms with van der Waals surface area (Å²) in [6.07, 6.45) is 0. The van der Waals surface area contributed by atoms with Gasteiger partial charge in [0, 0.05) is 0 Å². The molecule has 0 unspecified atom stereocenters. The van der Waals surface area contributed by atoms with Crippen LogP contribution in [0.15, 0.2) is 0 Å². The first kappa shape index (κ1) is 9.97. The van der Waals surface area contributed by atoms with E-state index in [4.69, 9.17) is 0 Å². The summed E-state index contributed by atoms with van der Waals surface area (Å²) in [5.74, 6) is 1.37. The molecule has 3 aliphatic rings. The van der Waals surface area contributed by atoms with E-state index in [9.17, 15) is 0 Å². The maximum absolute atomic E-state index is 3.36. The molecule has 0 aromatic heterocycles. The lowest BCUT2D eigenvalue weighted by atomic mass is 10.4. The Morgan fingerprint density at radius 2 is 1.36 bits per heavy atom. The van der Waals surface area contributed by atoms with Crippen molar-refractivity contribution in [2.75, 3.05) is 40.0 Å². The van der Waals surface area contributed by atoms with Gasteiger partial charge in [-0.1, -0.05) is 0 Å². The van der Waals surface area contributed by atoms with Crippen molar-refractivity contribution in [1.29, 1.82) is 0 Å². The Morgan fingerprint density at radius 1 is 0.857 bits per heavy atom. The molecule has 3 N–H and O–H groups in total. The minimum absolute atomic E-state index is 0. The minimum atomic E-state index is 0. The van der Waals surface area contributed by atoms with Crippen LogP contribution in [-0.2, 0) is 0 Å². The number of guanidine groups is 1. The standard InChI is InChI=1S/C7H15N6.ClH/c1-8-2-12-5-10-6-13-4-9-3-11(1)7(12)13;/h8-10H,1-6H2;1H/q+1;/p-1. The molecule has 3 rings (SSSR count). The molecule has 3 heterocycles. The van der Waals surface area contributed by atoms with Crippen LogP contribution in [0.25, 0.3) is 0 Å². The fraction of sp³-hybridized carbons (Fsp3) is 0.857. The van der Waals surface area contributed by atoms with Crippen molar-refractivity contribution in [2.24, 2.45) is 0 Å². The second kappa shape index (κ2) is 3.90. The summed E-state index contributed by atoms with van der Waals surface area (Å²) < 4.78 is 2.33. The Kier molecular flexibility index (Phi) is 2.78. The van der Waals surface area contributed by atoms with Crippen molar-refractivity contribution in [3.8, 4) is 0 Å². The summed E-state index contributed by atoms with van der Waals surface area (Å²) in [5.41, 5.74) is 0. The molecule has 3 aliphatic heterocycles. The maximum atomic E-state index is 3.36. The van der Waals surface area contributed by atoms with Gasteiger partial charge in [0.2, 0.25) is 0 Å². The molecule has 0 saturated carbocycles. The number of nitrogens with zero attached hydrogens (tertiary/aromatic N) is 3. The van der Waals surface area contributed by atoms with E-state index in [1.807, 2.05) is 0 Å². The average Bonchev–Trinajstić information content (AvgIpc) is 2.19. The van der Waals surface area contributed by atoms with Crippen LogP contribution in [0.3, 0.4) is 0 Å². The van der Waals surface area contributed by atoms with Gasteiger partial charge in [0.15, 0.2) is 0 Å². The van der Waals surface area contributed by atoms with Crippen LogP contribution in [0.1, 0.15) is 0 Å². The van der Waals surface area contributed by atoms with Gasteiger partial charge >= 0.3 is 5.96 Å². The van der Waals surface area contributed by atoms with Crippen molar-refractivity contribution in [3.05, 3.63) is 0 Å². The van der Waals surface area contributed by atoms with E-state index in [1.54, 1.807) is 0 Å². The molecule has 14 heavy (non-hydrogen) atoms. The first-order valence-corrected chi connectivity index (χ1v) is 4.69. The van der Waals surface area contributed by atoms with E-state index >= 15 is 0 Å². The van der Waals surface area contributed by atoms with Crippen LogP contribution in [0.5, 0.6) is 0 Å². The topological polar surface area (TPSA) is 45.6 Å². The Balaban J connectivity index is 0.000000750. The number of hydrogen-bond acceptors (Lipinski definition) is 5. The lowest BCUT2D eigenvalue weighted by Gasteiger charge is -2.40. The fourth-order valence-corrected chi connectivity index (χ4v) is 2.15. The third kappa shape index (κ3) is 1.44. The third-order valence-corrected chi connectivity index (χ3v) is 2.66. The highest BCUT2D eigenvalue weighted by Gasteiger charge is 2.37. The lowest BCUT2D eigenvalue weighted by molar-refractivity contribution is -0.561. The van der Waals surface area contributed by atoms with Crippen LogP contribution in [0, 0.1) is 0 Å². The van der Waals surface area contributed by atoms with E-state index in [0.29, 0.717) is 0 Å². The van der Waals surface area contributed by atoms with Gasteiger partial charge in [-0.15, -0.1) is 0 Å². The fourth-order valence-electron chi connectivity index (χ4n) is 2.15. The van der Waals surface area contributed by atoms with Gasteiger partial charge in [0.25, 0.3) is 0 Å². The maximum Gasteiger partial charge on any atom is 0.356 e. The van der Waals surface area contributed by atoms with Gasteiger partial charge in [-0.25, -0.2) is 14.4 Å². The Hall–Kier alpha value is -0.560.